The summed E-state index contributed by atoms with van der Waals surface area (Å²) in [6.07, 6.45) is 5.81. The van der Waals surface area contributed by atoms with Gasteiger partial charge in [0, 0.05) is 6.04 Å². The molecule has 0 unspecified atom stereocenters. The smallest absolute Gasteiger partial charge is 0.122 e. The number of ether oxygens (including phenoxy) is 1. The summed E-state index contributed by atoms with van der Waals surface area (Å²) < 4.78 is 5.47. The largest absolute Gasteiger partial charge is 0.496 e. The molecular weight excluding hydrogens is 270 g/mol. The molecule has 0 bridgehead atoms. The van der Waals surface area contributed by atoms with Crippen molar-refractivity contribution in [3.05, 3.63) is 65.2 Å². The molecule has 0 saturated carbocycles. The van der Waals surface area contributed by atoms with Crippen molar-refractivity contribution in [3.63, 3.8) is 0 Å². The molecule has 0 aliphatic heterocycles. The standard InChI is InChI=1S/C20H25NO/c1-22-20-11-5-10-17-15-18(12-13-19(17)20)21-14-6-9-16-7-3-2-4-8-16/h2-5,7-8,10-11,18,21H,6,9,12-15H2,1H3/t18-/m0/s1. The summed E-state index contributed by atoms with van der Waals surface area (Å²) >= 11 is 0. The molecule has 0 fully saturated rings. The van der Waals surface area contributed by atoms with Crippen LogP contribution in [0.25, 0.3) is 0 Å². The van der Waals surface area contributed by atoms with Gasteiger partial charge in [0.1, 0.15) is 5.75 Å². The van der Waals surface area contributed by atoms with Crippen LogP contribution in [0.3, 0.4) is 0 Å². The molecule has 1 aliphatic carbocycles. The minimum Gasteiger partial charge on any atom is -0.496 e. The van der Waals surface area contributed by atoms with E-state index in [4.69, 9.17) is 4.74 Å². The first-order chi connectivity index (χ1) is 10.9. The fraction of sp³-hybridized carbons (Fsp3) is 0.400. The molecule has 0 radical (unpaired) electrons. The fourth-order valence-electron chi connectivity index (χ4n) is 3.38. The number of rotatable bonds is 6. The molecule has 116 valence electrons. The van der Waals surface area contributed by atoms with Crippen LogP contribution in [0.2, 0.25) is 0 Å². The highest BCUT2D eigenvalue weighted by Gasteiger charge is 2.20. The van der Waals surface area contributed by atoms with Gasteiger partial charge < -0.3 is 10.1 Å². The van der Waals surface area contributed by atoms with Crippen molar-refractivity contribution in [1.29, 1.82) is 0 Å². The number of nitrogens with one attached hydrogen (secondary N) is 1. The highest BCUT2D eigenvalue weighted by molar-refractivity contribution is 5.42. The lowest BCUT2D eigenvalue weighted by Crippen LogP contribution is -2.35. The maximum absolute atomic E-state index is 5.47. The molecule has 2 nitrogen and oxygen atoms in total. The molecule has 2 aromatic rings. The van der Waals surface area contributed by atoms with E-state index in [-0.39, 0.29) is 0 Å². The summed E-state index contributed by atoms with van der Waals surface area (Å²) in [6.45, 7) is 1.10. The second-order valence-electron chi connectivity index (χ2n) is 6.08. The van der Waals surface area contributed by atoms with Gasteiger partial charge >= 0.3 is 0 Å². The zero-order valence-electron chi connectivity index (χ0n) is 13.3. The monoisotopic (exact) mass is 295 g/mol. The van der Waals surface area contributed by atoms with Gasteiger partial charge in [-0.3, -0.25) is 0 Å². The molecule has 22 heavy (non-hydrogen) atoms. The molecule has 3 rings (SSSR count). The van der Waals surface area contributed by atoms with Crippen LogP contribution in [0.15, 0.2) is 48.5 Å². The Labute approximate surface area is 133 Å². The van der Waals surface area contributed by atoms with Gasteiger partial charge in [-0.05, 0) is 61.4 Å². The average Bonchev–Trinajstić information content (AvgIpc) is 2.59. The molecule has 1 atom stereocenters. The van der Waals surface area contributed by atoms with Crippen LogP contribution in [-0.4, -0.2) is 19.7 Å². The SMILES string of the molecule is COc1cccc2c1CC[C@H](NCCCc1ccccc1)C2. The maximum Gasteiger partial charge on any atom is 0.122 e. The Morgan fingerprint density at radius 3 is 2.77 bits per heavy atom. The van der Waals surface area contributed by atoms with Gasteiger partial charge in [0.15, 0.2) is 0 Å². The molecule has 1 N–H and O–H groups in total. The first-order valence-corrected chi connectivity index (χ1v) is 8.29. The van der Waals surface area contributed by atoms with Crippen LogP contribution in [0, 0.1) is 0 Å². The van der Waals surface area contributed by atoms with Gasteiger partial charge in [-0.15, -0.1) is 0 Å². The van der Waals surface area contributed by atoms with Crippen molar-refractivity contribution in [2.45, 2.75) is 38.1 Å². The number of aryl methyl sites for hydroxylation is 1. The second-order valence-corrected chi connectivity index (χ2v) is 6.08. The summed E-state index contributed by atoms with van der Waals surface area (Å²) in [5, 5.41) is 3.73. The van der Waals surface area contributed by atoms with Gasteiger partial charge in [-0.1, -0.05) is 42.5 Å². The van der Waals surface area contributed by atoms with E-state index >= 15 is 0 Å². The lowest BCUT2D eigenvalue weighted by molar-refractivity contribution is 0.397. The van der Waals surface area contributed by atoms with E-state index in [9.17, 15) is 0 Å². The molecule has 0 spiro atoms. The number of methoxy groups -OCH3 is 1. The van der Waals surface area contributed by atoms with Gasteiger partial charge in [-0.2, -0.15) is 0 Å². The summed E-state index contributed by atoms with van der Waals surface area (Å²) in [6, 6.07) is 17.8. The number of hydrogen-bond acceptors (Lipinski definition) is 2. The van der Waals surface area contributed by atoms with Crippen LogP contribution >= 0.6 is 0 Å². The summed E-state index contributed by atoms with van der Waals surface area (Å²) in [4.78, 5) is 0. The molecule has 0 saturated heterocycles. The van der Waals surface area contributed by atoms with Crippen molar-refractivity contribution in [2.24, 2.45) is 0 Å². The van der Waals surface area contributed by atoms with Crippen LogP contribution < -0.4 is 10.1 Å². The Kier molecular flexibility index (Phi) is 5.12. The summed E-state index contributed by atoms with van der Waals surface area (Å²) in [7, 11) is 1.77. The third kappa shape index (κ3) is 3.69. The Morgan fingerprint density at radius 2 is 1.95 bits per heavy atom. The van der Waals surface area contributed by atoms with Crippen LogP contribution in [0.4, 0.5) is 0 Å². The molecule has 0 heterocycles. The van der Waals surface area contributed by atoms with Crippen molar-refractivity contribution in [1.82, 2.24) is 5.32 Å². The zero-order valence-corrected chi connectivity index (χ0v) is 13.3. The number of benzene rings is 2. The highest BCUT2D eigenvalue weighted by atomic mass is 16.5. The number of hydrogen-bond donors (Lipinski definition) is 1. The van der Waals surface area contributed by atoms with E-state index in [1.54, 1.807) is 7.11 Å². The molecule has 1 aliphatic rings. The lowest BCUT2D eigenvalue weighted by Gasteiger charge is -2.26. The van der Waals surface area contributed by atoms with Gasteiger partial charge in [-0.25, -0.2) is 0 Å². The summed E-state index contributed by atoms with van der Waals surface area (Å²) in [5.74, 6) is 1.06. The van der Waals surface area contributed by atoms with E-state index in [2.05, 4.69) is 53.8 Å². The van der Waals surface area contributed by atoms with Gasteiger partial charge in [0.05, 0.1) is 7.11 Å². The van der Waals surface area contributed by atoms with Crippen molar-refractivity contribution >= 4 is 0 Å². The lowest BCUT2D eigenvalue weighted by atomic mass is 9.87. The van der Waals surface area contributed by atoms with E-state index in [1.807, 2.05) is 0 Å². The fourth-order valence-corrected chi connectivity index (χ4v) is 3.38. The Bertz CT molecular complexity index is 594. The molecule has 2 aromatic carbocycles. The van der Waals surface area contributed by atoms with Crippen LogP contribution in [-0.2, 0) is 19.3 Å². The third-order valence-corrected chi connectivity index (χ3v) is 4.58. The highest BCUT2D eigenvalue weighted by Crippen LogP contribution is 2.29. The first kappa shape index (κ1) is 15.1. The normalized spacial score (nSPS) is 17.0. The number of fused-ring (bicyclic) bond motifs is 1. The van der Waals surface area contributed by atoms with E-state index < -0.39 is 0 Å². The predicted octanol–water partition coefficient (Wildman–Crippen LogP) is 3.77. The average molecular weight is 295 g/mol. The molecule has 0 aromatic heterocycles. The predicted molar refractivity (Wildman–Crippen MR) is 91.6 cm³/mol. The summed E-state index contributed by atoms with van der Waals surface area (Å²) in [5.41, 5.74) is 4.29. The zero-order chi connectivity index (χ0) is 15.2. The topological polar surface area (TPSA) is 21.3 Å². The van der Waals surface area contributed by atoms with Gasteiger partial charge in [0.2, 0.25) is 0 Å². The van der Waals surface area contributed by atoms with E-state index in [0.29, 0.717) is 6.04 Å². The van der Waals surface area contributed by atoms with Crippen molar-refractivity contribution < 1.29 is 4.74 Å². The van der Waals surface area contributed by atoms with Crippen molar-refractivity contribution in [3.8, 4) is 5.75 Å². The molecule has 0 amide bonds. The van der Waals surface area contributed by atoms with E-state index in [1.165, 1.54) is 29.5 Å². The van der Waals surface area contributed by atoms with Crippen molar-refractivity contribution in [2.75, 3.05) is 13.7 Å². The van der Waals surface area contributed by atoms with Crippen LogP contribution in [0.5, 0.6) is 5.75 Å². The molecular formula is C20H25NO. The van der Waals surface area contributed by atoms with E-state index in [0.717, 1.165) is 31.6 Å². The maximum atomic E-state index is 5.47. The third-order valence-electron chi connectivity index (χ3n) is 4.58. The quantitative estimate of drug-likeness (QED) is 0.819. The van der Waals surface area contributed by atoms with Gasteiger partial charge in [0.25, 0.3) is 0 Å². The minimum absolute atomic E-state index is 0.607. The Hall–Kier alpha value is -1.80. The first-order valence-electron chi connectivity index (χ1n) is 8.29. The Morgan fingerprint density at radius 1 is 1.09 bits per heavy atom. The minimum atomic E-state index is 0.607. The van der Waals surface area contributed by atoms with Crippen LogP contribution in [0.1, 0.15) is 29.5 Å². The Balaban J connectivity index is 1.47. The molecule has 2 heteroatoms. The second kappa shape index (κ2) is 7.46.